The molecule has 94 valence electrons. The van der Waals surface area contributed by atoms with E-state index in [4.69, 9.17) is 15.9 Å². The number of aliphatic carboxylic acids is 1. The lowest BCUT2D eigenvalue weighted by atomic mass is 9.97. The molecular formula is C8H15NO7. The molecule has 8 heteroatoms. The Morgan fingerprint density at radius 2 is 1.62 bits per heavy atom. The van der Waals surface area contributed by atoms with Crippen molar-refractivity contribution in [1.29, 1.82) is 0 Å². The number of aldehydes is 1. The molecule has 1 unspecified atom stereocenters. The van der Waals surface area contributed by atoms with Gasteiger partial charge in [-0.3, -0.25) is 4.79 Å². The second-order valence-electron chi connectivity index (χ2n) is 3.35. The first kappa shape index (κ1) is 14.9. The van der Waals surface area contributed by atoms with Crippen LogP contribution in [0.15, 0.2) is 0 Å². The van der Waals surface area contributed by atoms with Crippen LogP contribution in [0.1, 0.15) is 6.42 Å². The van der Waals surface area contributed by atoms with Gasteiger partial charge in [0.05, 0.1) is 18.6 Å². The van der Waals surface area contributed by atoms with Gasteiger partial charge in [0, 0.05) is 0 Å². The number of aliphatic hydroxyl groups excluding tert-OH is 4. The topological polar surface area (TPSA) is 161 Å². The molecule has 0 aromatic carbocycles. The molecule has 0 fully saturated rings. The number of aliphatic hydroxyl groups is 4. The first-order valence-electron chi connectivity index (χ1n) is 4.46. The van der Waals surface area contributed by atoms with Crippen LogP contribution in [0.2, 0.25) is 0 Å². The summed E-state index contributed by atoms with van der Waals surface area (Å²) in [6.45, 7) is 0. The van der Waals surface area contributed by atoms with Gasteiger partial charge in [0.25, 0.3) is 0 Å². The monoisotopic (exact) mass is 237 g/mol. The van der Waals surface area contributed by atoms with Crippen LogP contribution in [-0.2, 0) is 9.59 Å². The molecule has 0 aliphatic carbocycles. The average Bonchev–Trinajstić information content (AvgIpc) is 2.23. The van der Waals surface area contributed by atoms with Crippen molar-refractivity contribution in [3.63, 3.8) is 0 Å². The molecule has 0 saturated heterocycles. The third-order valence-corrected chi connectivity index (χ3v) is 2.03. The Balaban J connectivity index is 4.41. The molecule has 0 spiro atoms. The lowest BCUT2D eigenvalue weighted by Crippen LogP contribution is -2.52. The molecule has 0 aliphatic heterocycles. The number of carbonyl (C=O) groups is 2. The maximum Gasteiger partial charge on any atom is 0.306 e. The maximum atomic E-state index is 10.2. The minimum absolute atomic E-state index is 0.157. The van der Waals surface area contributed by atoms with Gasteiger partial charge in [-0.05, 0) is 0 Å². The highest BCUT2D eigenvalue weighted by Crippen LogP contribution is 2.09. The van der Waals surface area contributed by atoms with E-state index in [1.165, 1.54) is 0 Å². The van der Waals surface area contributed by atoms with E-state index in [-0.39, 0.29) is 6.29 Å². The normalized spacial score (nSPS) is 20.6. The molecule has 0 bridgehead atoms. The Morgan fingerprint density at radius 3 is 2.00 bits per heavy atom. The molecule has 8 nitrogen and oxygen atoms in total. The molecule has 0 saturated carbocycles. The molecular weight excluding hydrogens is 222 g/mol. The highest BCUT2D eigenvalue weighted by atomic mass is 16.4. The molecule has 0 aromatic rings. The first-order valence-corrected chi connectivity index (χ1v) is 4.46. The van der Waals surface area contributed by atoms with Gasteiger partial charge in [0.2, 0.25) is 0 Å². The summed E-state index contributed by atoms with van der Waals surface area (Å²) in [6.07, 6.45) is -8.01. The van der Waals surface area contributed by atoms with Crippen molar-refractivity contribution in [2.45, 2.75) is 36.9 Å². The number of rotatable bonds is 7. The van der Waals surface area contributed by atoms with E-state index in [9.17, 15) is 24.9 Å². The van der Waals surface area contributed by atoms with E-state index < -0.39 is 42.8 Å². The third-order valence-electron chi connectivity index (χ3n) is 2.03. The Labute approximate surface area is 90.9 Å². The van der Waals surface area contributed by atoms with Gasteiger partial charge in [0.1, 0.15) is 24.6 Å². The van der Waals surface area contributed by atoms with E-state index in [0.717, 1.165) is 0 Å². The molecule has 0 aliphatic rings. The van der Waals surface area contributed by atoms with Gasteiger partial charge in [-0.1, -0.05) is 0 Å². The van der Waals surface area contributed by atoms with Gasteiger partial charge in [-0.15, -0.1) is 0 Å². The van der Waals surface area contributed by atoms with Crippen molar-refractivity contribution in [1.82, 2.24) is 0 Å². The van der Waals surface area contributed by atoms with E-state index in [1.54, 1.807) is 0 Å². The predicted octanol–water partition coefficient (Wildman–Crippen LogP) is -3.57. The fourth-order valence-corrected chi connectivity index (χ4v) is 1.04. The van der Waals surface area contributed by atoms with E-state index in [1.807, 2.05) is 0 Å². The number of hydrogen-bond acceptors (Lipinski definition) is 7. The molecule has 7 N–H and O–H groups in total. The molecule has 0 aromatic heterocycles. The first-order chi connectivity index (χ1) is 7.31. The summed E-state index contributed by atoms with van der Waals surface area (Å²) in [7, 11) is 0. The van der Waals surface area contributed by atoms with Crippen molar-refractivity contribution < 1.29 is 35.1 Å². The SMILES string of the molecule is N[C@@H](C=O)[C@@H](O)[C@H](O)[C@H](O)C(O)CC(=O)O. The maximum absolute atomic E-state index is 10.2. The predicted molar refractivity (Wildman–Crippen MR) is 50.3 cm³/mol. The summed E-state index contributed by atoms with van der Waals surface area (Å²) in [4.78, 5) is 20.4. The average molecular weight is 237 g/mol. The van der Waals surface area contributed by atoms with E-state index in [0.29, 0.717) is 0 Å². The van der Waals surface area contributed by atoms with Gasteiger partial charge in [-0.2, -0.15) is 0 Å². The quantitative estimate of drug-likeness (QED) is 0.248. The van der Waals surface area contributed by atoms with Crippen LogP contribution in [0.3, 0.4) is 0 Å². The van der Waals surface area contributed by atoms with Crippen molar-refractivity contribution in [2.75, 3.05) is 0 Å². The van der Waals surface area contributed by atoms with Crippen molar-refractivity contribution in [2.24, 2.45) is 5.73 Å². The summed E-state index contributed by atoms with van der Waals surface area (Å²) in [5, 5.41) is 45.2. The third kappa shape index (κ3) is 4.21. The van der Waals surface area contributed by atoms with Crippen LogP contribution in [0.5, 0.6) is 0 Å². The second-order valence-corrected chi connectivity index (χ2v) is 3.35. The van der Waals surface area contributed by atoms with Crippen LogP contribution >= 0.6 is 0 Å². The van der Waals surface area contributed by atoms with Crippen molar-refractivity contribution in [3.8, 4) is 0 Å². The number of carboxylic acid groups (broad SMARTS) is 1. The second kappa shape index (κ2) is 6.51. The summed E-state index contributed by atoms with van der Waals surface area (Å²) in [5.41, 5.74) is 5.07. The standard InChI is InChI=1S/C8H15NO7/c9-3(2-10)6(14)8(16)7(15)4(11)1-5(12)13/h2-4,6-8,11,14-16H,1,9H2,(H,12,13)/t3-,4?,6+,7+,8-/m0/s1. The Hall–Kier alpha value is -1.06. The van der Waals surface area contributed by atoms with Crippen LogP contribution in [-0.4, -0.2) is 68.2 Å². The zero-order valence-corrected chi connectivity index (χ0v) is 8.30. The zero-order valence-electron chi connectivity index (χ0n) is 8.30. The van der Waals surface area contributed by atoms with Gasteiger partial charge >= 0.3 is 5.97 Å². The molecule has 16 heavy (non-hydrogen) atoms. The lowest BCUT2D eigenvalue weighted by Gasteiger charge is -2.27. The minimum atomic E-state index is -1.91. The highest BCUT2D eigenvalue weighted by molar-refractivity contribution is 5.67. The zero-order chi connectivity index (χ0) is 12.9. The summed E-state index contributed by atoms with van der Waals surface area (Å²) in [6, 6.07) is -1.43. The van der Waals surface area contributed by atoms with Gasteiger partial charge < -0.3 is 36.1 Å². The fraction of sp³-hybridized carbons (Fsp3) is 0.750. The van der Waals surface area contributed by atoms with Crippen LogP contribution < -0.4 is 5.73 Å². The van der Waals surface area contributed by atoms with Crippen LogP contribution in [0, 0.1) is 0 Å². The number of carboxylic acids is 1. The van der Waals surface area contributed by atoms with Gasteiger partial charge in [-0.25, -0.2) is 0 Å². The highest BCUT2D eigenvalue weighted by Gasteiger charge is 2.34. The lowest BCUT2D eigenvalue weighted by molar-refractivity contribution is -0.147. The van der Waals surface area contributed by atoms with E-state index >= 15 is 0 Å². The summed E-state index contributed by atoms with van der Waals surface area (Å²) < 4.78 is 0. The number of carbonyl (C=O) groups excluding carboxylic acids is 1. The number of hydrogen-bond donors (Lipinski definition) is 6. The summed E-state index contributed by atoms with van der Waals surface area (Å²) >= 11 is 0. The fourth-order valence-electron chi connectivity index (χ4n) is 1.04. The molecule has 0 amide bonds. The van der Waals surface area contributed by atoms with Crippen molar-refractivity contribution >= 4 is 12.3 Å². The van der Waals surface area contributed by atoms with E-state index in [2.05, 4.69) is 0 Å². The van der Waals surface area contributed by atoms with Crippen LogP contribution in [0.4, 0.5) is 0 Å². The molecule has 0 heterocycles. The molecule has 5 atom stereocenters. The molecule has 0 radical (unpaired) electrons. The van der Waals surface area contributed by atoms with Gasteiger partial charge in [0.15, 0.2) is 0 Å². The summed E-state index contributed by atoms with van der Waals surface area (Å²) in [5.74, 6) is -1.38. The number of nitrogens with two attached hydrogens (primary N) is 1. The Morgan fingerprint density at radius 1 is 1.12 bits per heavy atom. The Kier molecular flexibility index (Phi) is 6.08. The van der Waals surface area contributed by atoms with Crippen LogP contribution in [0.25, 0.3) is 0 Å². The Bertz CT molecular complexity index is 247. The smallest absolute Gasteiger partial charge is 0.306 e. The largest absolute Gasteiger partial charge is 0.481 e. The van der Waals surface area contributed by atoms with Crippen molar-refractivity contribution in [3.05, 3.63) is 0 Å². The molecule has 0 rings (SSSR count). The minimum Gasteiger partial charge on any atom is -0.481 e.